The summed E-state index contributed by atoms with van der Waals surface area (Å²) in [5, 5.41) is 50.0. The molecule has 0 heterocycles. The highest BCUT2D eigenvalue weighted by Gasteiger charge is 2.52. The first kappa shape index (κ1) is 17.5. The van der Waals surface area contributed by atoms with Crippen LogP contribution in [-0.2, 0) is 0 Å². The third kappa shape index (κ3) is 1.92. The Labute approximate surface area is 149 Å². The third-order valence-corrected chi connectivity index (χ3v) is 5.39. The third-order valence-electron chi connectivity index (χ3n) is 5.39. The van der Waals surface area contributed by atoms with Crippen LogP contribution in [0, 0.1) is 10.4 Å². The van der Waals surface area contributed by atoms with Crippen LogP contribution >= 0.6 is 0 Å². The van der Waals surface area contributed by atoms with E-state index in [9.17, 15) is 40.7 Å². The van der Waals surface area contributed by atoms with E-state index in [0.717, 1.165) is 6.92 Å². The molecule has 0 radical (unpaired) electrons. The largest absolute Gasteiger partial charge is 0.507 e. The zero-order valence-corrected chi connectivity index (χ0v) is 13.9. The molecule has 138 valence electrons. The number of phenols is 1. The molecule has 3 aliphatic rings. The van der Waals surface area contributed by atoms with E-state index >= 15 is 0 Å². The fraction of sp³-hybridized carbons (Fsp3) is 0.278. The molecule has 0 aromatic heterocycles. The molecule has 0 amide bonds. The van der Waals surface area contributed by atoms with Crippen molar-refractivity contribution in [2.45, 2.75) is 30.8 Å². The lowest BCUT2D eigenvalue weighted by Crippen LogP contribution is -2.52. The van der Waals surface area contributed by atoms with E-state index in [4.69, 9.17) is 0 Å². The van der Waals surface area contributed by atoms with E-state index in [1.807, 2.05) is 0 Å². The molecule has 0 saturated heterocycles. The first-order chi connectivity index (χ1) is 12.6. The summed E-state index contributed by atoms with van der Waals surface area (Å²) in [6.07, 6.45) is -5.54. The number of aromatic hydroxyl groups is 1. The second-order valence-corrected chi connectivity index (χ2v) is 6.90. The lowest BCUT2D eigenvalue weighted by atomic mass is 9.76. The molecule has 4 rings (SSSR count). The highest BCUT2D eigenvalue weighted by molar-refractivity contribution is 5.88. The summed E-state index contributed by atoms with van der Waals surface area (Å²) < 4.78 is 0. The molecule has 27 heavy (non-hydrogen) atoms. The molecule has 1 aromatic carbocycles. The molecule has 0 bridgehead atoms. The predicted octanol–water partition coefficient (Wildman–Crippen LogP) is -1.81. The number of fused-ring (bicyclic) bond motifs is 3. The summed E-state index contributed by atoms with van der Waals surface area (Å²) >= 11 is 0. The topological polar surface area (TPSA) is 172 Å². The number of benzene rings is 1. The van der Waals surface area contributed by atoms with Crippen LogP contribution < -0.4 is 16.2 Å². The second-order valence-electron chi connectivity index (χ2n) is 6.90. The monoisotopic (exact) mass is 370 g/mol. The minimum Gasteiger partial charge on any atom is -0.507 e. The van der Waals surface area contributed by atoms with Gasteiger partial charge < -0.3 is 31.1 Å². The van der Waals surface area contributed by atoms with Gasteiger partial charge in [0.1, 0.15) is 34.9 Å². The minimum atomic E-state index is -2.23. The average Bonchev–Trinajstić information content (AvgIpc) is 2.98. The molecule has 5 N–H and O–H groups in total. The van der Waals surface area contributed by atoms with Crippen LogP contribution in [0.2, 0.25) is 0 Å². The molecular weight excluding hydrogens is 356 g/mol. The number of aliphatic hydroxyl groups excluding tert-OH is 3. The van der Waals surface area contributed by atoms with E-state index in [1.165, 1.54) is 18.2 Å². The van der Waals surface area contributed by atoms with Crippen molar-refractivity contribution in [1.82, 2.24) is 0 Å². The predicted molar refractivity (Wildman–Crippen MR) is 89.1 cm³/mol. The van der Waals surface area contributed by atoms with E-state index < -0.39 is 51.1 Å². The van der Waals surface area contributed by atoms with Gasteiger partial charge in [-0.2, -0.15) is 4.79 Å². The van der Waals surface area contributed by atoms with Gasteiger partial charge in [0, 0.05) is 16.2 Å². The number of hydrogen-bond donors (Lipinski definition) is 5. The highest BCUT2D eigenvalue weighted by Crippen LogP contribution is 2.42. The lowest BCUT2D eigenvalue weighted by molar-refractivity contribution is -0.184. The molecule has 0 unspecified atom stereocenters. The van der Waals surface area contributed by atoms with Crippen molar-refractivity contribution in [3.8, 4) is 5.75 Å². The van der Waals surface area contributed by atoms with Crippen LogP contribution in [0.3, 0.4) is 0 Å². The Bertz CT molecular complexity index is 1360. The Morgan fingerprint density at radius 3 is 2.37 bits per heavy atom. The SMILES string of the molecule is C[C@@]1(O)[C@H](O)c2c(c3c(=O)c4cccc(O)c4c(=O)c=3c2=[N+]=[N-])[C@@H](O)[C@H]1O. The van der Waals surface area contributed by atoms with Gasteiger partial charge in [-0.15, -0.1) is 0 Å². The van der Waals surface area contributed by atoms with Gasteiger partial charge in [-0.1, -0.05) is 12.1 Å². The van der Waals surface area contributed by atoms with E-state index in [1.54, 1.807) is 0 Å². The normalized spacial score (nSPS) is 27.7. The van der Waals surface area contributed by atoms with Crippen LogP contribution in [0.1, 0.15) is 30.3 Å². The smallest absolute Gasteiger partial charge is 0.333 e. The number of phenolic OH excluding ortho intramolecular Hbond substituents is 1. The number of hydrogen-bond acceptors (Lipinski definition) is 7. The first-order valence-corrected chi connectivity index (χ1v) is 8.04. The Balaban J connectivity index is 2.43. The number of aliphatic hydroxyl groups is 4. The molecule has 0 saturated carbocycles. The summed E-state index contributed by atoms with van der Waals surface area (Å²) in [6, 6.07) is 3.89. The Morgan fingerprint density at radius 1 is 1.07 bits per heavy atom. The second kappa shape index (κ2) is 5.29. The summed E-state index contributed by atoms with van der Waals surface area (Å²) in [6.45, 7) is 1.06. The highest BCUT2D eigenvalue weighted by atomic mass is 16.4. The molecule has 3 aliphatic carbocycles. The van der Waals surface area contributed by atoms with Crippen LogP contribution in [0.4, 0.5) is 0 Å². The summed E-state index contributed by atoms with van der Waals surface area (Å²) in [5.74, 6) is -0.451. The van der Waals surface area contributed by atoms with Crippen molar-refractivity contribution >= 4 is 10.8 Å². The van der Waals surface area contributed by atoms with Gasteiger partial charge in [-0.05, 0) is 13.0 Å². The average molecular weight is 370 g/mol. The van der Waals surface area contributed by atoms with Gasteiger partial charge in [0.15, 0.2) is 5.43 Å². The van der Waals surface area contributed by atoms with Gasteiger partial charge in [-0.3, -0.25) is 9.59 Å². The Morgan fingerprint density at radius 2 is 1.74 bits per heavy atom. The molecule has 0 aliphatic heterocycles. The van der Waals surface area contributed by atoms with Crippen molar-refractivity contribution < 1.29 is 30.3 Å². The van der Waals surface area contributed by atoms with Gasteiger partial charge in [0.2, 0.25) is 5.43 Å². The zero-order chi connectivity index (χ0) is 19.8. The quantitative estimate of drug-likeness (QED) is 0.229. The fourth-order valence-corrected chi connectivity index (χ4v) is 3.95. The van der Waals surface area contributed by atoms with Crippen molar-refractivity contribution in [3.05, 3.63) is 71.1 Å². The number of rotatable bonds is 0. The summed E-state index contributed by atoms with van der Waals surface area (Å²) in [7, 11) is 0. The molecule has 1 aromatic rings. The Kier molecular flexibility index (Phi) is 3.42. The molecule has 9 heteroatoms. The molecule has 4 atom stereocenters. The number of nitrogens with zero attached hydrogens (tertiary/aromatic N) is 2. The summed E-state index contributed by atoms with van der Waals surface area (Å²) in [4.78, 5) is 29.0. The fourth-order valence-electron chi connectivity index (χ4n) is 3.95. The maximum atomic E-state index is 13.0. The first-order valence-electron chi connectivity index (χ1n) is 8.04. The standard InChI is InChI=1S/C18H14N2O7/c1-18(27)16(25)11-9(15(24)17(18)26)8-10(12(11)20-19)14(23)7-5(13(8)22)3-2-4-6(7)21/h2-4,15-17,21,24-27H,1H3/t15-,16-,17-,18-/m1/s1. The van der Waals surface area contributed by atoms with Crippen molar-refractivity contribution in [3.63, 3.8) is 0 Å². The molecule has 0 spiro atoms. The van der Waals surface area contributed by atoms with Crippen LogP contribution in [-0.4, -0.2) is 42.0 Å². The van der Waals surface area contributed by atoms with Crippen molar-refractivity contribution in [2.75, 3.05) is 0 Å². The Hall–Kier alpha value is -2.94. The van der Waals surface area contributed by atoms with Crippen LogP contribution in [0.25, 0.3) is 16.3 Å². The van der Waals surface area contributed by atoms with Crippen LogP contribution in [0.15, 0.2) is 27.8 Å². The maximum Gasteiger partial charge on any atom is 0.333 e. The van der Waals surface area contributed by atoms with Gasteiger partial charge >= 0.3 is 5.36 Å². The lowest BCUT2D eigenvalue weighted by Gasteiger charge is -2.40. The van der Waals surface area contributed by atoms with Crippen molar-refractivity contribution in [2.24, 2.45) is 0 Å². The maximum absolute atomic E-state index is 13.0. The molecular formula is C18H14N2O7. The van der Waals surface area contributed by atoms with E-state index in [-0.39, 0.29) is 27.1 Å². The minimum absolute atomic E-state index is 0.127. The summed E-state index contributed by atoms with van der Waals surface area (Å²) in [5.41, 5.74) is 5.04. The van der Waals surface area contributed by atoms with Gasteiger partial charge in [0.05, 0.1) is 10.9 Å². The van der Waals surface area contributed by atoms with Gasteiger partial charge in [-0.25, -0.2) is 0 Å². The van der Waals surface area contributed by atoms with Crippen LogP contribution in [0.5, 0.6) is 5.75 Å². The zero-order valence-electron chi connectivity index (χ0n) is 13.9. The van der Waals surface area contributed by atoms with E-state index in [0.29, 0.717) is 0 Å². The van der Waals surface area contributed by atoms with Crippen molar-refractivity contribution in [1.29, 1.82) is 0 Å². The van der Waals surface area contributed by atoms with Gasteiger partial charge in [0.25, 0.3) is 0 Å². The molecule has 9 nitrogen and oxygen atoms in total. The molecule has 0 fully saturated rings. The van der Waals surface area contributed by atoms with E-state index in [2.05, 4.69) is 4.79 Å².